The summed E-state index contributed by atoms with van der Waals surface area (Å²) in [7, 11) is 0. The van der Waals surface area contributed by atoms with Crippen LogP contribution in [0.15, 0.2) is 30.3 Å². The molecule has 0 aliphatic heterocycles. The van der Waals surface area contributed by atoms with Crippen LogP contribution >= 0.6 is 0 Å². The summed E-state index contributed by atoms with van der Waals surface area (Å²) in [5.74, 6) is 27.2. The molecular formula is C18H5-. The Morgan fingerprint density at radius 1 is 0.611 bits per heavy atom. The van der Waals surface area contributed by atoms with Crippen molar-refractivity contribution in [1.29, 1.82) is 0 Å². The van der Waals surface area contributed by atoms with Crippen molar-refractivity contribution >= 4 is 0 Å². The van der Waals surface area contributed by atoms with Crippen LogP contribution in [0.2, 0.25) is 0 Å². The zero-order valence-electron chi connectivity index (χ0n) is 9.39. The Morgan fingerprint density at radius 2 is 1.11 bits per heavy atom. The summed E-state index contributed by atoms with van der Waals surface area (Å²) in [4.78, 5) is 0. The van der Waals surface area contributed by atoms with Crippen LogP contribution < -0.4 is 0 Å². The SMILES string of the molecule is [C-]#CC#CC#CC#CC#CC#Cc1ccccc1. The summed E-state index contributed by atoms with van der Waals surface area (Å²) in [6, 6.07) is 9.58. The maximum absolute atomic E-state index is 6.50. The Balaban J connectivity index is 2.54. The first kappa shape index (κ1) is 12.6. The lowest BCUT2D eigenvalue weighted by molar-refractivity contribution is 1.65. The largest absolute Gasteiger partial charge is 0.358 e. The quantitative estimate of drug-likeness (QED) is 0.461. The van der Waals surface area contributed by atoms with Gasteiger partial charge in [-0.3, -0.25) is 5.92 Å². The molecule has 0 unspecified atom stereocenters. The Labute approximate surface area is 108 Å². The van der Waals surface area contributed by atoms with Gasteiger partial charge in [-0.05, 0) is 53.6 Å². The van der Waals surface area contributed by atoms with Crippen molar-refractivity contribution in [2.45, 2.75) is 0 Å². The van der Waals surface area contributed by atoms with Crippen LogP contribution in [0.5, 0.6) is 0 Å². The van der Waals surface area contributed by atoms with Gasteiger partial charge in [0.2, 0.25) is 0 Å². The number of benzene rings is 1. The third-order valence-electron chi connectivity index (χ3n) is 1.54. The van der Waals surface area contributed by atoms with E-state index in [1.807, 2.05) is 36.3 Å². The van der Waals surface area contributed by atoms with Gasteiger partial charge in [0.05, 0.1) is 0 Å². The smallest absolute Gasteiger partial charge is 0.0255 e. The van der Waals surface area contributed by atoms with Crippen LogP contribution in [0.4, 0.5) is 0 Å². The Bertz CT molecular complexity index is 745. The molecule has 0 N–H and O–H groups in total. The summed E-state index contributed by atoms with van der Waals surface area (Å²) in [6.07, 6.45) is 6.50. The van der Waals surface area contributed by atoms with Gasteiger partial charge >= 0.3 is 0 Å². The van der Waals surface area contributed by atoms with Crippen LogP contribution in [0.3, 0.4) is 0 Å². The fourth-order valence-electron chi connectivity index (χ4n) is 0.875. The van der Waals surface area contributed by atoms with E-state index in [0.29, 0.717) is 0 Å². The van der Waals surface area contributed by atoms with Gasteiger partial charge in [0.1, 0.15) is 0 Å². The maximum atomic E-state index is 6.50. The molecule has 0 aromatic heterocycles. The minimum absolute atomic E-state index is 0.915. The molecule has 0 saturated heterocycles. The summed E-state index contributed by atoms with van der Waals surface area (Å²) in [6.45, 7) is 0. The maximum Gasteiger partial charge on any atom is 0.0255 e. The van der Waals surface area contributed by atoms with E-state index < -0.39 is 0 Å². The predicted octanol–water partition coefficient (Wildman–Crippen LogP) is 1.64. The first-order chi connectivity index (χ1) is 8.93. The van der Waals surface area contributed by atoms with E-state index in [9.17, 15) is 0 Å². The lowest BCUT2D eigenvalue weighted by Gasteiger charge is -1.83. The van der Waals surface area contributed by atoms with Crippen molar-refractivity contribution in [3.8, 4) is 65.1 Å². The van der Waals surface area contributed by atoms with Crippen molar-refractivity contribution < 1.29 is 0 Å². The molecule has 0 atom stereocenters. The standard InChI is InChI=1S/C18H5/c1-2-3-4-5-6-7-8-9-10-12-15-18-16-13-11-14-17-18/h11,13-14,16-17H/q-1. The third kappa shape index (κ3) is 6.14. The Hall–Kier alpha value is -3.42. The first-order valence-corrected chi connectivity index (χ1v) is 4.91. The normalized spacial score (nSPS) is 5.72. The number of hydrogen-bond acceptors (Lipinski definition) is 0. The van der Waals surface area contributed by atoms with E-state index in [-0.39, 0.29) is 0 Å². The lowest BCUT2D eigenvalue weighted by Crippen LogP contribution is -1.68. The average molecular weight is 221 g/mol. The van der Waals surface area contributed by atoms with E-state index in [2.05, 4.69) is 59.2 Å². The van der Waals surface area contributed by atoms with Gasteiger partial charge in [0.25, 0.3) is 0 Å². The molecule has 0 bridgehead atoms. The van der Waals surface area contributed by atoms with Gasteiger partial charge in [-0.25, -0.2) is 5.92 Å². The highest BCUT2D eigenvalue weighted by Crippen LogP contribution is 1.93. The molecule has 1 rings (SSSR count). The molecule has 0 fully saturated rings. The van der Waals surface area contributed by atoms with Gasteiger partial charge in [0, 0.05) is 5.56 Å². The number of hydrogen-bond donors (Lipinski definition) is 0. The first-order valence-electron chi connectivity index (χ1n) is 4.91. The molecule has 0 saturated carbocycles. The second-order valence-corrected chi connectivity index (χ2v) is 2.74. The summed E-state index contributed by atoms with van der Waals surface area (Å²) >= 11 is 0. The van der Waals surface area contributed by atoms with Gasteiger partial charge in [-0.2, -0.15) is 0 Å². The van der Waals surface area contributed by atoms with Crippen molar-refractivity contribution in [3.05, 3.63) is 42.3 Å². The zero-order valence-corrected chi connectivity index (χ0v) is 9.39. The van der Waals surface area contributed by atoms with Crippen LogP contribution in [0, 0.1) is 71.5 Å². The second kappa shape index (κ2) is 8.85. The molecule has 0 spiro atoms. The molecular weight excluding hydrogens is 216 g/mol. The molecule has 1 aromatic rings. The molecule has 0 amide bonds. The fourth-order valence-corrected chi connectivity index (χ4v) is 0.875. The second-order valence-electron chi connectivity index (χ2n) is 2.74. The van der Waals surface area contributed by atoms with E-state index in [1.54, 1.807) is 0 Å². The molecule has 0 aliphatic carbocycles. The van der Waals surface area contributed by atoms with Crippen molar-refractivity contribution in [2.24, 2.45) is 0 Å². The molecule has 1 aromatic carbocycles. The van der Waals surface area contributed by atoms with E-state index in [1.165, 1.54) is 0 Å². The lowest BCUT2D eigenvalue weighted by atomic mass is 10.2. The molecule has 0 heteroatoms. The summed E-state index contributed by atoms with van der Waals surface area (Å²) < 4.78 is 0. The van der Waals surface area contributed by atoms with E-state index in [0.717, 1.165) is 5.56 Å². The van der Waals surface area contributed by atoms with Crippen molar-refractivity contribution in [2.75, 3.05) is 0 Å². The van der Waals surface area contributed by atoms with Crippen molar-refractivity contribution in [1.82, 2.24) is 0 Å². The molecule has 0 aliphatic rings. The highest BCUT2D eigenvalue weighted by atomic mass is 13.8. The minimum Gasteiger partial charge on any atom is -0.358 e. The monoisotopic (exact) mass is 221 g/mol. The topological polar surface area (TPSA) is 0 Å². The molecule has 0 heterocycles. The highest BCUT2D eigenvalue weighted by molar-refractivity contribution is 5.45. The zero-order chi connectivity index (χ0) is 12.9. The Morgan fingerprint density at radius 3 is 1.67 bits per heavy atom. The van der Waals surface area contributed by atoms with Crippen molar-refractivity contribution in [3.63, 3.8) is 0 Å². The minimum atomic E-state index is 0.915. The van der Waals surface area contributed by atoms with E-state index >= 15 is 0 Å². The summed E-state index contributed by atoms with van der Waals surface area (Å²) in [5, 5.41) is 0. The fraction of sp³-hybridized carbons (Fsp3) is 0. The molecule has 0 radical (unpaired) electrons. The van der Waals surface area contributed by atoms with Gasteiger partial charge < -0.3 is 6.42 Å². The van der Waals surface area contributed by atoms with Gasteiger partial charge in [-0.1, -0.05) is 24.1 Å². The van der Waals surface area contributed by atoms with Crippen LogP contribution in [0.25, 0.3) is 0 Å². The number of rotatable bonds is 0. The van der Waals surface area contributed by atoms with E-state index in [4.69, 9.17) is 6.42 Å². The molecule has 78 valence electrons. The van der Waals surface area contributed by atoms with Crippen LogP contribution in [0.1, 0.15) is 5.56 Å². The van der Waals surface area contributed by atoms with Crippen LogP contribution in [-0.2, 0) is 0 Å². The van der Waals surface area contributed by atoms with Gasteiger partial charge in [0.15, 0.2) is 0 Å². The molecule has 18 heavy (non-hydrogen) atoms. The van der Waals surface area contributed by atoms with Gasteiger partial charge in [-0.15, -0.1) is 5.92 Å². The summed E-state index contributed by atoms with van der Waals surface area (Å²) in [5.41, 5.74) is 0.915. The highest BCUT2D eigenvalue weighted by Gasteiger charge is 1.78. The molecule has 0 nitrogen and oxygen atoms in total. The van der Waals surface area contributed by atoms with Crippen LogP contribution in [-0.4, -0.2) is 0 Å². The Kier molecular flexibility index (Phi) is 6.22. The predicted molar refractivity (Wildman–Crippen MR) is 71.6 cm³/mol. The third-order valence-corrected chi connectivity index (χ3v) is 1.54. The average Bonchev–Trinajstić information content (AvgIpc) is 2.42.